The summed E-state index contributed by atoms with van der Waals surface area (Å²) < 4.78 is 37.9. The zero-order chi connectivity index (χ0) is 29.1. The molecule has 0 saturated heterocycles. The number of hydrogen-bond donors (Lipinski definition) is 1. The van der Waals surface area contributed by atoms with E-state index < -0.39 is 29.2 Å². The largest absolute Gasteiger partial charge is 0.441 e. The highest BCUT2D eigenvalue weighted by molar-refractivity contribution is 6.30. The summed E-state index contributed by atoms with van der Waals surface area (Å²) in [7, 11) is 0. The minimum Gasteiger partial charge on any atom is -0.441 e. The van der Waals surface area contributed by atoms with Crippen molar-refractivity contribution in [2.45, 2.75) is 58.6 Å². The van der Waals surface area contributed by atoms with Crippen molar-refractivity contribution in [3.8, 4) is 11.1 Å². The first-order chi connectivity index (χ1) is 19.8. The van der Waals surface area contributed by atoms with Gasteiger partial charge in [0, 0.05) is 34.9 Å². The number of anilines is 1. The number of carbonyl (C=O) groups excluding carboxylic acids is 2. The fraction of sp³-hybridized carbons (Fsp3) is 0.344. The number of aromatic nitrogens is 2. The molecule has 1 aliphatic rings. The van der Waals surface area contributed by atoms with Crippen molar-refractivity contribution in [2.75, 3.05) is 11.9 Å². The lowest BCUT2D eigenvalue weighted by Crippen LogP contribution is -2.23. The van der Waals surface area contributed by atoms with Crippen LogP contribution in [0.25, 0.3) is 22.2 Å². The average Bonchev–Trinajstić information content (AvgIpc) is 3.37. The summed E-state index contributed by atoms with van der Waals surface area (Å²) >= 11 is 6.06. The van der Waals surface area contributed by atoms with Crippen LogP contribution in [0.2, 0.25) is 5.02 Å². The number of pyridine rings is 1. The van der Waals surface area contributed by atoms with Gasteiger partial charge in [0.05, 0.1) is 22.7 Å². The smallest absolute Gasteiger partial charge is 0.310 e. The summed E-state index contributed by atoms with van der Waals surface area (Å²) in [4.78, 5) is 31.4. The van der Waals surface area contributed by atoms with Gasteiger partial charge in [-0.2, -0.15) is 0 Å². The molecule has 4 aromatic rings. The fourth-order valence-electron chi connectivity index (χ4n) is 5.34. The first-order valence-electron chi connectivity index (χ1n) is 14.0. The van der Waals surface area contributed by atoms with Crippen LogP contribution in [0.4, 0.5) is 14.5 Å². The second-order valence-corrected chi connectivity index (χ2v) is 10.9. The van der Waals surface area contributed by atoms with Crippen LogP contribution in [-0.4, -0.2) is 27.8 Å². The lowest BCUT2D eigenvalue weighted by Gasteiger charge is -2.23. The maximum atomic E-state index is 15.5. The molecule has 9 heteroatoms. The van der Waals surface area contributed by atoms with Crippen molar-refractivity contribution in [3.63, 3.8) is 0 Å². The number of ketones is 1. The predicted molar refractivity (Wildman–Crippen MR) is 156 cm³/mol. The Hall–Kier alpha value is -3.78. The molecule has 1 N–H and O–H groups in total. The zero-order valence-corrected chi connectivity index (χ0v) is 23.8. The van der Waals surface area contributed by atoms with Crippen molar-refractivity contribution in [3.05, 3.63) is 82.6 Å². The highest BCUT2D eigenvalue weighted by Crippen LogP contribution is 2.33. The first kappa shape index (κ1) is 28.7. The average molecular weight is 580 g/mol. The van der Waals surface area contributed by atoms with E-state index in [2.05, 4.69) is 10.3 Å². The van der Waals surface area contributed by atoms with Crippen LogP contribution in [0, 0.1) is 17.6 Å². The lowest BCUT2D eigenvalue weighted by atomic mass is 9.89. The molecule has 214 valence electrons. The Labute approximate surface area is 242 Å². The van der Waals surface area contributed by atoms with E-state index in [1.54, 1.807) is 35.9 Å². The number of halogens is 3. The Balaban J connectivity index is 1.59. The van der Waals surface area contributed by atoms with Crippen LogP contribution in [0.3, 0.4) is 0 Å². The summed E-state index contributed by atoms with van der Waals surface area (Å²) in [6.45, 7) is 4.08. The minimum absolute atomic E-state index is 0.0503. The zero-order valence-electron chi connectivity index (χ0n) is 23.1. The Bertz CT molecular complexity index is 1580. The van der Waals surface area contributed by atoms with Gasteiger partial charge in [-0.15, -0.1) is 0 Å². The van der Waals surface area contributed by atoms with Crippen LogP contribution < -0.4 is 5.32 Å². The number of ether oxygens (including phenoxy) is 1. The van der Waals surface area contributed by atoms with E-state index in [1.165, 1.54) is 12.3 Å². The van der Waals surface area contributed by atoms with Crippen LogP contribution in [0.5, 0.6) is 0 Å². The Morgan fingerprint density at radius 3 is 2.54 bits per heavy atom. The highest BCUT2D eigenvalue weighted by Gasteiger charge is 2.29. The molecule has 1 aliphatic carbocycles. The molecule has 41 heavy (non-hydrogen) atoms. The van der Waals surface area contributed by atoms with Gasteiger partial charge < -0.3 is 10.1 Å². The van der Waals surface area contributed by atoms with Gasteiger partial charge in [0.2, 0.25) is 5.78 Å². The molecule has 0 aliphatic heterocycles. The number of esters is 1. The number of nitrogens with one attached hydrogen (secondary N) is 1. The fourth-order valence-corrected chi connectivity index (χ4v) is 5.47. The number of carbonyl (C=O) groups is 2. The molecule has 2 heterocycles. The van der Waals surface area contributed by atoms with Crippen LogP contribution >= 0.6 is 11.6 Å². The van der Waals surface area contributed by atoms with Crippen LogP contribution in [-0.2, 0) is 9.53 Å². The summed E-state index contributed by atoms with van der Waals surface area (Å²) in [5.41, 5.74) is 1.29. The molecular weight excluding hydrogens is 548 g/mol. The number of fused-ring (bicyclic) bond motifs is 1. The van der Waals surface area contributed by atoms with Crippen LogP contribution in [0.1, 0.15) is 74.5 Å². The molecular formula is C32H32ClF2N3O3. The Kier molecular flexibility index (Phi) is 8.68. The summed E-state index contributed by atoms with van der Waals surface area (Å²) in [5.74, 6) is -3.21. The van der Waals surface area contributed by atoms with E-state index in [-0.39, 0.29) is 23.1 Å². The molecule has 1 atom stereocenters. The first-order valence-corrected chi connectivity index (χ1v) is 14.4. The van der Waals surface area contributed by atoms with Crippen molar-refractivity contribution >= 4 is 40.1 Å². The second kappa shape index (κ2) is 12.4. The van der Waals surface area contributed by atoms with E-state index in [1.807, 2.05) is 19.1 Å². The summed E-state index contributed by atoms with van der Waals surface area (Å²) in [5, 5.41) is 3.86. The van der Waals surface area contributed by atoms with E-state index in [0.717, 1.165) is 50.2 Å². The number of hydrogen-bond acceptors (Lipinski definition) is 5. The summed E-state index contributed by atoms with van der Waals surface area (Å²) in [6, 6.07) is 11.2. The highest BCUT2D eigenvalue weighted by atomic mass is 35.5. The van der Waals surface area contributed by atoms with Crippen molar-refractivity contribution in [2.24, 2.45) is 5.92 Å². The number of nitrogens with zero attached hydrogens (tertiary/aromatic N) is 2. The Morgan fingerprint density at radius 2 is 1.83 bits per heavy atom. The van der Waals surface area contributed by atoms with Gasteiger partial charge in [0.25, 0.3) is 0 Å². The van der Waals surface area contributed by atoms with Gasteiger partial charge in [-0.05, 0) is 62.1 Å². The van der Waals surface area contributed by atoms with Gasteiger partial charge >= 0.3 is 5.97 Å². The van der Waals surface area contributed by atoms with Crippen molar-refractivity contribution < 1.29 is 23.1 Å². The van der Waals surface area contributed by atoms with Crippen molar-refractivity contribution in [1.29, 1.82) is 0 Å². The van der Waals surface area contributed by atoms with Crippen LogP contribution in [0.15, 0.2) is 54.9 Å². The standard InChI is InChI=1S/C32H32ClF2N3O3/c1-3-15-36-27-14-13-26(34)28(29(27)35)30(39)25-18-38(19(2)41-32(40)21-7-5-4-6-8-21)31-24(25)16-22(17-37-31)20-9-11-23(33)12-10-20/h9-14,16-19,21,36H,3-8,15H2,1-2H3. The van der Waals surface area contributed by atoms with E-state index in [0.29, 0.717) is 28.2 Å². The maximum Gasteiger partial charge on any atom is 0.310 e. The molecule has 0 bridgehead atoms. The lowest BCUT2D eigenvalue weighted by molar-refractivity contribution is -0.158. The van der Waals surface area contributed by atoms with Crippen molar-refractivity contribution in [1.82, 2.24) is 9.55 Å². The molecule has 6 nitrogen and oxygen atoms in total. The van der Waals surface area contributed by atoms with E-state index in [9.17, 15) is 9.59 Å². The molecule has 2 aromatic carbocycles. The normalized spacial score (nSPS) is 14.7. The molecule has 1 saturated carbocycles. The third-order valence-electron chi connectivity index (χ3n) is 7.59. The third-order valence-corrected chi connectivity index (χ3v) is 7.84. The topological polar surface area (TPSA) is 73.2 Å². The quantitative estimate of drug-likeness (QED) is 0.159. The monoisotopic (exact) mass is 579 g/mol. The molecule has 0 radical (unpaired) electrons. The number of rotatable bonds is 9. The molecule has 0 amide bonds. The molecule has 5 rings (SSSR count). The molecule has 2 aromatic heterocycles. The second-order valence-electron chi connectivity index (χ2n) is 10.5. The van der Waals surface area contributed by atoms with Gasteiger partial charge in [-0.3, -0.25) is 14.2 Å². The van der Waals surface area contributed by atoms with Gasteiger partial charge in [-0.1, -0.05) is 49.9 Å². The predicted octanol–water partition coefficient (Wildman–Crippen LogP) is 8.33. The van der Waals surface area contributed by atoms with Gasteiger partial charge in [-0.25, -0.2) is 13.8 Å². The maximum absolute atomic E-state index is 15.5. The van der Waals surface area contributed by atoms with Gasteiger partial charge in [0.15, 0.2) is 12.0 Å². The molecule has 1 fully saturated rings. The summed E-state index contributed by atoms with van der Waals surface area (Å²) in [6.07, 6.45) is 7.68. The minimum atomic E-state index is -0.964. The molecule has 0 spiro atoms. The molecule has 1 unspecified atom stereocenters. The van der Waals surface area contributed by atoms with E-state index in [4.69, 9.17) is 16.3 Å². The third kappa shape index (κ3) is 5.98. The SMILES string of the molecule is CCCNc1ccc(F)c(C(=O)c2cn(C(C)OC(=O)C3CCCCC3)c3ncc(-c4ccc(Cl)cc4)cc23)c1F. The Morgan fingerprint density at radius 1 is 1.10 bits per heavy atom. The van der Waals surface area contributed by atoms with Gasteiger partial charge in [0.1, 0.15) is 11.5 Å². The number of benzene rings is 2. The van der Waals surface area contributed by atoms with E-state index >= 15 is 8.78 Å².